The third-order valence-electron chi connectivity index (χ3n) is 4.02. The molecule has 1 saturated carbocycles. The van der Waals surface area contributed by atoms with E-state index in [-0.39, 0.29) is 12.3 Å². The third kappa shape index (κ3) is 3.97. The van der Waals surface area contributed by atoms with Gasteiger partial charge in [0, 0.05) is 6.42 Å². The van der Waals surface area contributed by atoms with Crippen LogP contribution >= 0.6 is 0 Å². The molecule has 0 radical (unpaired) electrons. The summed E-state index contributed by atoms with van der Waals surface area (Å²) < 4.78 is 5.25. The fourth-order valence-corrected chi connectivity index (χ4v) is 2.75. The second kappa shape index (κ2) is 6.61. The van der Waals surface area contributed by atoms with Crippen LogP contribution in [0.4, 0.5) is 0 Å². The van der Waals surface area contributed by atoms with Crippen molar-refractivity contribution in [3.63, 3.8) is 0 Å². The van der Waals surface area contributed by atoms with Crippen molar-refractivity contribution in [2.75, 3.05) is 7.11 Å². The Balaban J connectivity index is 1.88. The zero-order valence-corrected chi connectivity index (χ0v) is 12.2. The number of methoxy groups -OCH3 is 1. The van der Waals surface area contributed by atoms with Gasteiger partial charge in [0.15, 0.2) is 0 Å². The van der Waals surface area contributed by atoms with E-state index in [0.717, 1.165) is 30.6 Å². The molecule has 0 aromatic heterocycles. The molecule has 0 atom stereocenters. The smallest absolute Gasteiger partial charge is 0.305 e. The molecule has 2 N–H and O–H groups in total. The zero-order valence-electron chi connectivity index (χ0n) is 12.2. The number of hydrogen-bond acceptors (Lipinski definition) is 3. The number of para-hydroxylation sites is 1. The molecule has 1 aromatic carbocycles. The van der Waals surface area contributed by atoms with Crippen molar-refractivity contribution in [2.24, 2.45) is 0 Å². The van der Waals surface area contributed by atoms with Gasteiger partial charge in [0.25, 0.3) is 0 Å². The molecule has 1 aliphatic rings. The average molecular weight is 291 g/mol. The molecule has 0 unspecified atom stereocenters. The highest BCUT2D eigenvalue weighted by Crippen LogP contribution is 2.35. The summed E-state index contributed by atoms with van der Waals surface area (Å²) in [5.74, 6) is -0.184. The van der Waals surface area contributed by atoms with Crippen molar-refractivity contribution < 1.29 is 19.4 Å². The number of aryl methyl sites for hydroxylation is 1. The summed E-state index contributed by atoms with van der Waals surface area (Å²) in [6, 6.07) is 7.60. The van der Waals surface area contributed by atoms with Crippen LogP contribution < -0.4 is 10.1 Å². The van der Waals surface area contributed by atoms with Crippen LogP contribution in [0, 0.1) is 0 Å². The number of amides is 1. The molecule has 1 fully saturated rings. The summed E-state index contributed by atoms with van der Waals surface area (Å²) >= 11 is 0. The lowest BCUT2D eigenvalue weighted by Gasteiger charge is -2.41. The van der Waals surface area contributed by atoms with Gasteiger partial charge in [0.1, 0.15) is 5.75 Å². The fourth-order valence-electron chi connectivity index (χ4n) is 2.75. The Morgan fingerprint density at radius 1 is 1.33 bits per heavy atom. The van der Waals surface area contributed by atoms with E-state index >= 15 is 0 Å². The first-order valence-electron chi connectivity index (χ1n) is 7.19. The number of carbonyl (C=O) groups is 2. The minimum atomic E-state index is -0.861. The highest BCUT2D eigenvalue weighted by molar-refractivity contribution is 5.79. The highest BCUT2D eigenvalue weighted by atomic mass is 16.5. The second-order valence-corrected chi connectivity index (χ2v) is 5.56. The first kappa shape index (κ1) is 15.4. The SMILES string of the molecule is COc1ccccc1CCC(=O)NC1(CC(=O)O)CCC1. The third-order valence-corrected chi connectivity index (χ3v) is 4.02. The number of hydrogen-bond donors (Lipinski definition) is 2. The van der Waals surface area contributed by atoms with Gasteiger partial charge in [0.2, 0.25) is 5.91 Å². The van der Waals surface area contributed by atoms with E-state index < -0.39 is 11.5 Å². The highest BCUT2D eigenvalue weighted by Gasteiger charge is 2.40. The van der Waals surface area contributed by atoms with Crippen LogP contribution in [0.2, 0.25) is 0 Å². The van der Waals surface area contributed by atoms with E-state index in [0.29, 0.717) is 12.8 Å². The minimum Gasteiger partial charge on any atom is -0.496 e. The lowest BCUT2D eigenvalue weighted by molar-refractivity contribution is -0.140. The van der Waals surface area contributed by atoms with Gasteiger partial charge in [-0.2, -0.15) is 0 Å². The topological polar surface area (TPSA) is 75.6 Å². The van der Waals surface area contributed by atoms with E-state index in [4.69, 9.17) is 9.84 Å². The summed E-state index contributed by atoms with van der Waals surface area (Å²) in [5, 5.41) is 11.8. The largest absolute Gasteiger partial charge is 0.496 e. The number of rotatable bonds is 7. The normalized spacial score (nSPS) is 15.9. The molecule has 2 rings (SSSR count). The van der Waals surface area contributed by atoms with Crippen molar-refractivity contribution in [3.8, 4) is 5.75 Å². The zero-order chi connectivity index (χ0) is 15.3. The molecule has 0 heterocycles. The van der Waals surface area contributed by atoms with E-state index in [1.165, 1.54) is 0 Å². The van der Waals surface area contributed by atoms with Gasteiger partial charge in [0.05, 0.1) is 19.1 Å². The Kier molecular flexibility index (Phi) is 4.83. The summed E-state index contributed by atoms with van der Waals surface area (Å²) in [4.78, 5) is 22.9. The van der Waals surface area contributed by atoms with Gasteiger partial charge in [-0.15, -0.1) is 0 Å². The Hall–Kier alpha value is -2.04. The number of aliphatic carboxylic acids is 1. The lowest BCUT2D eigenvalue weighted by atomic mass is 9.74. The number of benzene rings is 1. The first-order chi connectivity index (χ1) is 10.0. The monoisotopic (exact) mass is 291 g/mol. The Labute approximate surface area is 124 Å². The second-order valence-electron chi connectivity index (χ2n) is 5.56. The predicted octanol–water partition coefficient (Wildman–Crippen LogP) is 2.14. The van der Waals surface area contributed by atoms with Crippen LogP contribution in [0.25, 0.3) is 0 Å². The Bertz CT molecular complexity index is 523. The molecule has 0 bridgehead atoms. The molecule has 0 saturated heterocycles. The van der Waals surface area contributed by atoms with Gasteiger partial charge in [-0.3, -0.25) is 9.59 Å². The molecule has 5 heteroatoms. The standard InChI is InChI=1S/C16H21NO4/c1-21-13-6-3-2-5-12(13)7-8-14(18)17-16(9-4-10-16)11-15(19)20/h2-3,5-6H,4,7-11H2,1H3,(H,17,18)(H,19,20). The molecule has 0 aliphatic heterocycles. The number of ether oxygens (including phenoxy) is 1. The minimum absolute atomic E-state index is 0.00734. The number of carboxylic acids is 1. The molecule has 21 heavy (non-hydrogen) atoms. The predicted molar refractivity (Wildman–Crippen MR) is 78.3 cm³/mol. The molecule has 114 valence electrons. The maximum absolute atomic E-state index is 12.1. The molecular formula is C16H21NO4. The first-order valence-corrected chi connectivity index (χ1v) is 7.19. The number of carboxylic acid groups (broad SMARTS) is 1. The summed E-state index contributed by atoms with van der Waals surface area (Å²) in [5.41, 5.74) is 0.458. The van der Waals surface area contributed by atoms with Crippen LogP contribution in [-0.2, 0) is 16.0 Å². The van der Waals surface area contributed by atoms with Crippen LogP contribution in [-0.4, -0.2) is 29.6 Å². The van der Waals surface area contributed by atoms with Crippen molar-refractivity contribution in [3.05, 3.63) is 29.8 Å². The molecule has 5 nitrogen and oxygen atoms in total. The number of carbonyl (C=O) groups excluding carboxylic acids is 1. The van der Waals surface area contributed by atoms with Crippen molar-refractivity contribution in [1.29, 1.82) is 0 Å². The average Bonchev–Trinajstić information content (AvgIpc) is 2.42. The van der Waals surface area contributed by atoms with E-state index in [9.17, 15) is 9.59 Å². The summed E-state index contributed by atoms with van der Waals surface area (Å²) in [6.45, 7) is 0. The Morgan fingerprint density at radius 3 is 2.62 bits per heavy atom. The van der Waals surface area contributed by atoms with Crippen LogP contribution in [0.1, 0.15) is 37.7 Å². The van der Waals surface area contributed by atoms with Gasteiger partial charge in [-0.1, -0.05) is 18.2 Å². The quantitative estimate of drug-likeness (QED) is 0.807. The molecule has 1 amide bonds. The molecular weight excluding hydrogens is 270 g/mol. The lowest BCUT2D eigenvalue weighted by Crippen LogP contribution is -2.54. The fraction of sp³-hybridized carbons (Fsp3) is 0.500. The van der Waals surface area contributed by atoms with Gasteiger partial charge in [-0.25, -0.2) is 0 Å². The molecule has 1 aliphatic carbocycles. The van der Waals surface area contributed by atoms with Crippen molar-refractivity contribution in [1.82, 2.24) is 5.32 Å². The van der Waals surface area contributed by atoms with E-state index in [1.807, 2.05) is 24.3 Å². The summed E-state index contributed by atoms with van der Waals surface area (Å²) in [7, 11) is 1.61. The maximum Gasteiger partial charge on any atom is 0.305 e. The van der Waals surface area contributed by atoms with E-state index in [2.05, 4.69) is 5.32 Å². The van der Waals surface area contributed by atoms with Crippen molar-refractivity contribution >= 4 is 11.9 Å². The number of nitrogens with one attached hydrogen (secondary N) is 1. The van der Waals surface area contributed by atoms with Gasteiger partial charge >= 0.3 is 5.97 Å². The molecule has 0 spiro atoms. The maximum atomic E-state index is 12.1. The van der Waals surface area contributed by atoms with Crippen LogP contribution in [0.5, 0.6) is 5.75 Å². The Morgan fingerprint density at radius 2 is 2.05 bits per heavy atom. The molecule has 1 aromatic rings. The van der Waals surface area contributed by atoms with Gasteiger partial charge in [-0.05, 0) is 37.3 Å². The van der Waals surface area contributed by atoms with E-state index in [1.54, 1.807) is 7.11 Å². The summed E-state index contributed by atoms with van der Waals surface area (Å²) in [6.07, 6.45) is 3.40. The van der Waals surface area contributed by atoms with Crippen LogP contribution in [0.3, 0.4) is 0 Å². The van der Waals surface area contributed by atoms with Crippen molar-refractivity contribution in [2.45, 2.75) is 44.1 Å². The van der Waals surface area contributed by atoms with Gasteiger partial charge < -0.3 is 15.2 Å². The van der Waals surface area contributed by atoms with Crippen LogP contribution in [0.15, 0.2) is 24.3 Å².